The zero-order valence-corrected chi connectivity index (χ0v) is 15.4. The van der Waals surface area contributed by atoms with Crippen LogP contribution in [0.2, 0.25) is 0 Å². The summed E-state index contributed by atoms with van der Waals surface area (Å²) >= 11 is 3.43. The Balaban J connectivity index is 0.00000242. The van der Waals surface area contributed by atoms with Crippen molar-refractivity contribution in [3.8, 4) is 0 Å². The number of anilines is 1. The fourth-order valence-corrected chi connectivity index (χ4v) is 2.57. The Kier molecular flexibility index (Phi) is 6.84. The molecule has 0 saturated heterocycles. The molecular weight excluding hydrogens is 368 g/mol. The van der Waals surface area contributed by atoms with E-state index in [2.05, 4.69) is 26.2 Å². The lowest BCUT2D eigenvalue weighted by molar-refractivity contribution is -0.118. The van der Waals surface area contributed by atoms with E-state index in [1.54, 1.807) is 0 Å². The van der Waals surface area contributed by atoms with E-state index in [-0.39, 0.29) is 24.2 Å². The maximum absolute atomic E-state index is 12.2. The number of nitrogens with two attached hydrogens (primary N) is 1. The van der Waals surface area contributed by atoms with Crippen LogP contribution in [0.25, 0.3) is 11.0 Å². The van der Waals surface area contributed by atoms with Crippen molar-refractivity contribution in [1.29, 1.82) is 0 Å². The Morgan fingerprint density at radius 1 is 1.45 bits per heavy atom. The first-order chi connectivity index (χ1) is 9.97. The monoisotopic (exact) mass is 388 g/mol. The topological polar surface area (TPSA) is 72.9 Å². The molecule has 5 nitrogen and oxygen atoms in total. The Morgan fingerprint density at radius 3 is 2.73 bits per heavy atom. The van der Waals surface area contributed by atoms with Gasteiger partial charge in [-0.2, -0.15) is 0 Å². The number of hydrogen-bond donors (Lipinski definition) is 2. The van der Waals surface area contributed by atoms with Crippen molar-refractivity contribution in [3.05, 3.63) is 22.7 Å². The number of benzene rings is 1. The highest BCUT2D eigenvalue weighted by molar-refractivity contribution is 9.10. The van der Waals surface area contributed by atoms with Crippen molar-refractivity contribution in [2.24, 2.45) is 11.7 Å². The molecule has 0 radical (unpaired) electrons. The van der Waals surface area contributed by atoms with Crippen LogP contribution in [0.3, 0.4) is 0 Å². The molecule has 122 valence electrons. The summed E-state index contributed by atoms with van der Waals surface area (Å²) in [5.41, 5.74) is 7.81. The molecule has 1 aromatic carbocycles. The van der Waals surface area contributed by atoms with Crippen molar-refractivity contribution >= 4 is 51.2 Å². The number of nitrogens with one attached hydrogen (secondary N) is 1. The third kappa shape index (κ3) is 3.80. The highest BCUT2D eigenvalue weighted by Gasteiger charge is 2.21. The molecule has 1 amide bonds. The third-order valence-corrected chi connectivity index (χ3v) is 4.31. The molecule has 2 unspecified atom stereocenters. The van der Waals surface area contributed by atoms with Crippen LogP contribution in [0.4, 0.5) is 5.95 Å². The van der Waals surface area contributed by atoms with E-state index >= 15 is 0 Å². The number of nitrogens with zero attached hydrogens (tertiary/aromatic N) is 2. The van der Waals surface area contributed by atoms with E-state index < -0.39 is 6.04 Å². The molecule has 2 rings (SSSR count). The SMILES string of the molecule is CCC(C)C(N)C(=O)Nc1nc2cc(Br)ccc2n1CC.Cl. The molecular formula is C15H22BrClN4O. The molecule has 0 bridgehead atoms. The number of aryl methyl sites for hydroxylation is 1. The molecule has 0 saturated carbocycles. The van der Waals surface area contributed by atoms with Crippen molar-refractivity contribution in [1.82, 2.24) is 9.55 Å². The molecule has 3 N–H and O–H groups in total. The van der Waals surface area contributed by atoms with Crippen LogP contribution in [-0.4, -0.2) is 21.5 Å². The number of carbonyl (C=O) groups is 1. The fourth-order valence-electron chi connectivity index (χ4n) is 2.22. The first-order valence-electron chi connectivity index (χ1n) is 7.20. The summed E-state index contributed by atoms with van der Waals surface area (Å²) in [7, 11) is 0. The molecule has 0 aliphatic carbocycles. The Labute approximate surface area is 145 Å². The average molecular weight is 390 g/mol. The van der Waals surface area contributed by atoms with E-state index in [4.69, 9.17) is 5.73 Å². The summed E-state index contributed by atoms with van der Waals surface area (Å²) in [4.78, 5) is 16.7. The van der Waals surface area contributed by atoms with E-state index in [1.807, 2.05) is 43.5 Å². The van der Waals surface area contributed by atoms with E-state index in [1.165, 1.54) is 0 Å². The van der Waals surface area contributed by atoms with Gasteiger partial charge in [-0.25, -0.2) is 4.98 Å². The molecule has 0 fully saturated rings. The highest BCUT2D eigenvalue weighted by atomic mass is 79.9. The van der Waals surface area contributed by atoms with Gasteiger partial charge < -0.3 is 10.3 Å². The number of hydrogen-bond acceptors (Lipinski definition) is 3. The maximum atomic E-state index is 12.2. The number of rotatable bonds is 5. The number of imidazole rings is 1. The first-order valence-corrected chi connectivity index (χ1v) is 7.99. The van der Waals surface area contributed by atoms with Gasteiger partial charge in [-0.05, 0) is 31.0 Å². The zero-order chi connectivity index (χ0) is 15.6. The van der Waals surface area contributed by atoms with Crippen LogP contribution in [0.5, 0.6) is 0 Å². The molecule has 2 aromatic rings. The van der Waals surface area contributed by atoms with Crippen molar-refractivity contribution in [2.75, 3.05) is 5.32 Å². The zero-order valence-electron chi connectivity index (χ0n) is 13.0. The lowest BCUT2D eigenvalue weighted by Crippen LogP contribution is -2.41. The summed E-state index contributed by atoms with van der Waals surface area (Å²) in [6, 6.07) is 5.37. The van der Waals surface area contributed by atoms with Crippen LogP contribution in [-0.2, 0) is 11.3 Å². The average Bonchev–Trinajstić information content (AvgIpc) is 2.81. The van der Waals surface area contributed by atoms with E-state index in [0.717, 1.165) is 28.5 Å². The molecule has 2 atom stereocenters. The number of fused-ring (bicyclic) bond motifs is 1. The van der Waals surface area contributed by atoms with Crippen LogP contribution < -0.4 is 11.1 Å². The predicted octanol–water partition coefficient (Wildman–Crippen LogP) is 3.55. The minimum atomic E-state index is -0.521. The van der Waals surface area contributed by atoms with Crippen molar-refractivity contribution < 1.29 is 4.79 Å². The van der Waals surface area contributed by atoms with Crippen molar-refractivity contribution in [3.63, 3.8) is 0 Å². The van der Waals surface area contributed by atoms with Gasteiger partial charge in [0.05, 0.1) is 17.1 Å². The van der Waals surface area contributed by atoms with Gasteiger partial charge in [-0.1, -0.05) is 36.2 Å². The molecule has 1 aromatic heterocycles. The lowest BCUT2D eigenvalue weighted by Gasteiger charge is -2.17. The highest BCUT2D eigenvalue weighted by Crippen LogP contribution is 2.23. The van der Waals surface area contributed by atoms with Gasteiger partial charge in [-0.3, -0.25) is 10.1 Å². The third-order valence-electron chi connectivity index (χ3n) is 3.82. The molecule has 0 aliphatic rings. The van der Waals surface area contributed by atoms with Gasteiger partial charge in [0.2, 0.25) is 11.9 Å². The molecule has 1 heterocycles. The van der Waals surface area contributed by atoms with Crippen LogP contribution in [0.15, 0.2) is 22.7 Å². The molecule has 7 heteroatoms. The number of halogens is 2. The van der Waals surface area contributed by atoms with Crippen LogP contribution >= 0.6 is 28.3 Å². The second-order valence-electron chi connectivity index (χ2n) is 5.21. The number of aromatic nitrogens is 2. The summed E-state index contributed by atoms with van der Waals surface area (Å²) in [5.74, 6) is 0.501. The van der Waals surface area contributed by atoms with Crippen molar-refractivity contribution in [2.45, 2.75) is 39.8 Å². The summed E-state index contributed by atoms with van der Waals surface area (Å²) < 4.78 is 2.94. The lowest BCUT2D eigenvalue weighted by atomic mass is 10.00. The van der Waals surface area contributed by atoms with E-state index in [0.29, 0.717) is 5.95 Å². The van der Waals surface area contributed by atoms with E-state index in [9.17, 15) is 4.79 Å². The summed E-state index contributed by atoms with van der Waals surface area (Å²) in [5, 5.41) is 2.86. The van der Waals surface area contributed by atoms with Gasteiger partial charge in [0.15, 0.2) is 0 Å². The Bertz CT molecular complexity index is 658. The van der Waals surface area contributed by atoms with Gasteiger partial charge in [0.1, 0.15) is 0 Å². The predicted molar refractivity (Wildman–Crippen MR) is 96.4 cm³/mol. The number of carbonyl (C=O) groups excluding carboxylic acids is 1. The normalized spacial score (nSPS) is 13.5. The second kappa shape index (κ2) is 7.94. The molecule has 22 heavy (non-hydrogen) atoms. The standard InChI is InChI=1S/C15H21BrN4O.ClH/c1-4-9(3)13(17)14(21)19-15-18-11-8-10(16)6-7-12(11)20(15)5-2;/h6-9,13H,4-5,17H2,1-3H3,(H,18,19,21);1H. The summed E-state index contributed by atoms with van der Waals surface area (Å²) in [6.45, 7) is 6.75. The molecule has 0 aliphatic heterocycles. The quantitative estimate of drug-likeness (QED) is 0.821. The minimum Gasteiger partial charge on any atom is -0.320 e. The fraction of sp³-hybridized carbons (Fsp3) is 0.467. The Hall–Kier alpha value is -1.11. The second-order valence-corrected chi connectivity index (χ2v) is 6.13. The minimum absolute atomic E-state index is 0. The summed E-state index contributed by atoms with van der Waals surface area (Å²) in [6.07, 6.45) is 0.867. The number of amides is 1. The van der Waals surface area contributed by atoms with Crippen LogP contribution in [0, 0.1) is 5.92 Å². The largest absolute Gasteiger partial charge is 0.320 e. The smallest absolute Gasteiger partial charge is 0.243 e. The van der Waals surface area contributed by atoms with Gasteiger partial charge in [-0.15, -0.1) is 12.4 Å². The van der Waals surface area contributed by atoms with Gasteiger partial charge in [0.25, 0.3) is 0 Å². The van der Waals surface area contributed by atoms with Gasteiger partial charge in [0, 0.05) is 11.0 Å². The molecule has 0 spiro atoms. The Morgan fingerprint density at radius 2 is 2.14 bits per heavy atom. The van der Waals surface area contributed by atoms with Gasteiger partial charge >= 0.3 is 0 Å². The van der Waals surface area contributed by atoms with Crippen LogP contribution in [0.1, 0.15) is 27.2 Å². The maximum Gasteiger partial charge on any atom is 0.243 e. The first kappa shape index (κ1) is 18.9.